The highest BCUT2D eigenvalue weighted by Gasteiger charge is 2.13. The number of anilines is 2. The van der Waals surface area contributed by atoms with Gasteiger partial charge in [0.15, 0.2) is 0 Å². The second kappa shape index (κ2) is 7.31. The molecule has 0 unspecified atom stereocenters. The van der Waals surface area contributed by atoms with Gasteiger partial charge in [0.2, 0.25) is 15.9 Å². The largest absolute Gasteiger partial charge is 0.494 e. The molecule has 1 amide bonds. The fourth-order valence-electron chi connectivity index (χ4n) is 1.68. The van der Waals surface area contributed by atoms with Crippen molar-refractivity contribution in [1.82, 2.24) is 0 Å². The van der Waals surface area contributed by atoms with Gasteiger partial charge in [0, 0.05) is 18.2 Å². The van der Waals surface area contributed by atoms with Crippen LogP contribution < -0.4 is 14.8 Å². The van der Waals surface area contributed by atoms with Crippen LogP contribution >= 0.6 is 0 Å². The molecule has 0 atom stereocenters. The molecular weight excluding hydrogens is 292 g/mol. The van der Waals surface area contributed by atoms with Crippen LogP contribution in [0.4, 0.5) is 11.4 Å². The molecule has 1 aromatic rings. The highest BCUT2D eigenvalue weighted by atomic mass is 32.2. The SMILES string of the molecule is CCS(=O)(=O)Nc1ccc(NC(=O)CC(C)C)cc1OC. The molecule has 0 aliphatic heterocycles. The van der Waals surface area contributed by atoms with Gasteiger partial charge in [-0.25, -0.2) is 8.42 Å². The molecule has 0 fully saturated rings. The zero-order valence-corrected chi connectivity index (χ0v) is 13.6. The summed E-state index contributed by atoms with van der Waals surface area (Å²) in [6, 6.07) is 4.79. The van der Waals surface area contributed by atoms with Crippen molar-refractivity contribution in [3.63, 3.8) is 0 Å². The van der Waals surface area contributed by atoms with Crippen LogP contribution in [-0.4, -0.2) is 27.2 Å². The Labute approximate surface area is 125 Å². The van der Waals surface area contributed by atoms with Crippen LogP contribution in [0.1, 0.15) is 27.2 Å². The smallest absolute Gasteiger partial charge is 0.232 e. The Bertz CT molecular complexity index is 597. The fourth-order valence-corrected chi connectivity index (χ4v) is 2.32. The number of rotatable bonds is 7. The number of carbonyl (C=O) groups is 1. The van der Waals surface area contributed by atoms with Crippen molar-refractivity contribution in [2.24, 2.45) is 5.92 Å². The summed E-state index contributed by atoms with van der Waals surface area (Å²) in [7, 11) is -1.93. The van der Waals surface area contributed by atoms with E-state index in [1.54, 1.807) is 25.1 Å². The van der Waals surface area contributed by atoms with Gasteiger partial charge < -0.3 is 10.1 Å². The molecular formula is C14H22N2O4S. The van der Waals surface area contributed by atoms with E-state index >= 15 is 0 Å². The minimum atomic E-state index is -3.37. The van der Waals surface area contributed by atoms with Gasteiger partial charge in [0.25, 0.3) is 0 Å². The molecule has 0 aliphatic carbocycles. The second-order valence-corrected chi connectivity index (χ2v) is 7.08. The van der Waals surface area contributed by atoms with Gasteiger partial charge in [-0.2, -0.15) is 0 Å². The average Bonchev–Trinajstić information content (AvgIpc) is 2.39. The minimum absolute atomic E-state index is 0.0248. The van der Waals surface area contributed by atoms with E-state index in [0.717, 1.165) is 0 Å². The predicted octanol–water partition coefficient (Wildman–Crippen LogP) is 2.44. The lowest BCUT2D eigenvalue weighted by molar-refractivity contribution is -0.116. The van der Waals surface area contributed by atoms with E-state index in [1.165, 1.54) is 7.11 Å². The van der Waals surface area contributed by atoms with Crippen molar-refractivity contribution in [3.05, 3.63) is 18.2 Å². The molecule has 0 heterocycles. The van der Waals surface area contributed by atoms with Gasteiger partial charge in [0.05, 0.1) is 18.6 Å². The maximum absolute atomic E-state index is 11.7. The summed E-state index contributed by atoms with van der Waals surface area (Å²) in [4.78, 5) is 11.7. The van der Waals surface area contributed by atoms with Crippen LogP contribution in [0.3, 0.4) is 0 Å². The number of benzene rings is 1. The van der Waals surface area contributed by atoms with Crippen molar-refractivity contribution in [2.75, 3.05) is 22.9 Å². The number of sulfonamides is 1. The molecule has 0 radical (unpaired) electrons. The van der Waals surface area contributed by atoms with Gasteiger partial charge in [-0.3, -0.25) is 9.52 Å². The summed E-state index contributed by atoms with van der Waals surface area (Å²) in [5, 5.41) is 2.76. The van der Waals surface area contributed by atoms with Crippen LogP contribution in [0.25, 0.3) is 0 Å². The van der Waals surface area contributed by atoms with Crippen LogP contribution in [0.15, 0.2) is 18.2 Å². The van der Waals surface area contributed by atoms with Crippen LogP contribution in [0.2, 0.25) is 0 Å². The Kier molecular flexibility index (Phi) is 6.02. The molecule has 2 N–H and O–H groups in total. The maximum Gasteiger partial charge on any atom is 0.232 e. The molecule has 118 valence electrons. The van der Waals surface area contributed by atoms with Crippen molar-refractivity contribution in [3.8, 4) is 5.75 Å². The van der Waals surface area contributed by atoms with Gasteiger partial charge in [-0.15, -0.1) is 0 Å². The van der Waals surface area contributed by atoms with Crippen molar-refractivity contribution in [1.29, 1.82) is 0 Å². The zero-order chi connectivity index (χ0) is 16.0. The van der Waals surface area contributed by atoms with Gasteiger partial charge >= 0.3 is 0 Å². The first-order valence-electron chi connectivity index (χ1n) is 6.75. The molecule has 1 aromatic carbocycles. The predicted molar refractivity (Wildman–Crippen MR) is 84.2 cm³/mol. The van der Waals surface area contributed by atoms with Crippen molar-refractivity contribution >= 4 is 27.3 Å². The summed E-state index contributed by atoms with van der Waals surface area (Å²) in [5.41, 5.74) is 0.915. The van der Waals surface area contributed by atoms with Crippen LogP contribution in [0.5, 0.6) is 5.75 Å². The highest BCUT2D eigenvalue weighted by molar-refractivity contribution is 7.92. The van der Waals surface area contributed by atoms with E-state index in [2.05, 4.69) is 10.0 Å². The highest BCUT2D eigenvalue weighted by Crippen LogP contribution is 2.29. The second-order valence-electron chi connectivity index (χ2n) is 5.07. The number of ether oxygens (including phenoxy) is 1. The number of amides is 1. The summed E-state index contributed by atoms with van der Waals surface area (Å²) < 4.78 is 30.8. The third kappa shape index (κ3) is 5.63. The number of hydrogen-bond donors (Lipinski definition) is 2. The molecule has 7 heteroatoms. The van der Waals surface area contributed by atoms with E-state index < -0.39 is 10.0 Å². The Hall–Kier alpha value is -1.76. The number of hydrogen-bond acceptors (Lipinski definition) is 4. The zero-order valence-electron chi connectivity index (χ0n) is 12.8. The summed E-state index contributed by atoms with van der Waals surface area (Å²) >= 11 is 0. The Morgan fingerprint density at radius 2 is 2.00 bits per heavy atom. The lowest BCUT2D eigenvalue weighted by Crippen LogP contribution is -2.16. The Morgan fingerprint density at radius 1 is 1.33 bits per heavy atom. The number of methoxy groups -OCH3 is 1. The fraction of sp³-hybridized carbons (Fsp3) is 0.500. The van der Waals surface area contributed by atoms with Crippen molar-refractivity contribution < 1.29 is 17.9 Å². The molecule has 0 bridgehead atoms. The number of nitrogens with one attached hydrogen (secondary N) is 2. The molecule has 0 aliphatic rings. The molecule has 0 spiro atoms. The van der Waals surface area contributed by atoms with Gasteiger partial charge in [-0.1, -0.05) is 13.8 Å². The molecule has 6 nitrogen and oxygen atoms in total. The quantitative estimate of drug-likeness (QED) is 0.809. The lowest BCUT2D eigenvalue weighted by Gasteiger charge is -2.13. The maximum atomic E-state index is 11.7. The molecule has 21 heavy (non-hydrogen) atoms. The molecule has 0 aromatic heterocycles. The first-order valence-corrected chi connectivity index (χ1v) is 8.41. The van der Waals surface area contributed by atoms with E-state index in [1.807, 2.05) is 13.8 Å². The van der Waals surface area contributed by atoms with E-state index in [4.69, 9.17) is 4.74 Å². The topological polar surface area (TPSA) is 84.5 Å². The van der Waals surface area contributed by atoms with E-state index in [0.29, 0.717) is 23.5 Å². The van der Waals surface area contributed by atoms with E-state index in [9.17, 15) is 13.2 Å². The molecule has 0 saturated carbocycles. The monoisotopic (exact) mass is 314 g/mol. The van der Waals surface area contributed by atoms with Gasteiger partial charge in [0.1, 0.15) is 5.75 Å². The Morgan fingerprint density at radius 3 is 2.52 bits per heavy atom. The van der Waals surface area contributed by atoms with Crippen LogP contribution in [0, 0.1) is 5.92 Å². The van der Waals surface area contributed by atoms with Crippen molar-refractivity contribution in [2.45, 2.75) is 27.2 Å². The van der Waals surface area contributed by atoms with Gasteiger partial charge in [-0.05, 0) is 25.0 Å². The Balaban J connectivity index is 2.91. The first kappa shape index (κ1) is 17.3. The summed E-state index contributed by atoms with van der Waals surface area (Å²) in [6.07, 6.45) is 0.423. The first-order chi connectivity index (χ1) is 9.77. The van der Waals surface area contributed by atoms with E-state index in [-0.39, 0.29) is 17.6 Å². The minimum Gasteiger partial charge on any atom is -0.494 e. The number of carbonyl (C=O) groups excluding carboxylic acids is 1. The lowest BCUT2D eigenvalue weighted by atomic mass is 10.1. The summed E-state index contributed by atoms with van der Waals surface area (Å²) in [5.74, 6) is 0.508. The standard InChI is InChI=1S/C14H22N2O4S/c1-5-21(18,19)16-12-7-6-11(9-13(12)20-4)15-14(17)8-10(2)3/h6-7,9-10,16H,5,8H2,1-4H3,(H,15,17). The third-order valence-electron chi connectivity index (χ3n) is 2.72. The molecule has 1 rings (SSSR count). The average molecular weight is 314 g/mol. The van der Waals surface area contributed by atoms with Crippen LogP contribution in [-0.2, 0) is 14.8 Å². The third-order valence-corrected chi connectivity index (χ3v) is 4.02. The molecule has 0 saturated heterocycles. The summed E-state index contributed by atoms with van der Waals surface area (Å²) in [6.45, 7) is 5.47. The normalized spacial score (nSPS) is 11.3.